The molecule has 0 spiro atoms. The van der Waals surface area contributed by atoms with Gasteiger partial charge in [0, 0.05) is 19.1 Å². The van der Waals surface area contributed by atoms with Gasteiger partial charge in [-0.3, -0.25) is 9.42 Å². The number of nitrogens with zero attached hydrogens (tertiary/aromatic N) is 1. The highest BCUT2D eigenvalue weighted by Crippen LogP contribution is 2.35. The van der Waals surface area contributed by atoms with Crippen molar-refractivity contribution in [1.82, 2.24) is 10.2 Å². The van der Waals surface area contributed by atoms with Gasteiger partial charge in [0.25, 0.3) is 0 Å². The van der Waals surface area contributed by atoms with E-state index in [1.165, 1.54) is 12.8 Å². The van der Waals surface area contributed by atoms with Gasteiger partial charge in [-0.15, -0.1) is 0 Å². The molecule has 1 unspecified atom stereocenters. The number of phosphoric ester groups is 1. The minimum atomic E-state index is -4.31. The highest BCUT2D eigenvalue weighted by molar-refractivity contribution is 7.46. The molecule has 1 fully saturated rings. The number of hydrogen-bond donors (Lipinski definition) is 3. The maximum Gasteiger partial charge on any atom is 0.469 e. The largest absolute Gasteiger partial charge is 0.469 e. The summed E-state index contributed by atoms with van der Waals surface area (Å²) in [5.74, 6) is 0. The van der Waals surface area contributed by atoms with E-state index in [2.05, 4.69) is 14.7 Å². The van der Waals surface area contributed by atoms with Crippen LogP contribution >= 0.6 is 7.82 Å². The van der Waals surface area contributed by atoms with Crippen LogP contribution in [0.25, 0.3) is 0 Å². The van der Waals surface area contributed by atoms with Gasteiger partial charge in [0.15, 0.2) is 0 Å². The van der Waals surface area contributed by atoms with Crippen LogP contribution < -0.4 is 5.32 Å². The van der Waals surface area contributed by atoms with Crippen LogP contribution in [-0.4, -0.2) is 53.5 Å². The summed E-state index contributed by atoms with van der Waals surface area (Å²) in [5.41, 5.74) is 0. The molecular weight excluding hydrogens is 231 g/mol. The number of hydrogen-bond acceptors (Lipinski definition) is 4. The summed E-state index contributed by atoms with van der Waals surface area (Å²) >= 11 is 0. The molecule has 0 aromatic carbocycles. The lowest BCUT2D eigenvalue weighted by molar-refractivity contribution is 0.159. The minimum absolute atomic E-state index is 0.0742. The summed E-state index contributed by atoms with van der Waals surface area (Å²) < 4.78 is 14.9. The van der Waals surface area contributed by atoms with Gasteiger partial charge in [0.2, 0.25) is 0 Å². The summed E-state index contributed by atoms with van der Waals surface area (Å²) in [6.45, 7) is 5.52. The maximum absolute atomic E-state index is 10.5. The van der Waals surface area contributed by atoms with Crippen LogP contribution in [0.3, 0.4) is 0 Å². The van der Waals surface area contributed by atoms with Gasteiger partial charge in [0.05, 0.1) is 6.61 Å². The van der Waals surface area contributed by atoms with Crippen molar-refractivity contribution < 1.29 is 18.9 Å². The first-order chi connectivity index (χ1) is 7.51. The summed E-state index contributed by atoms with van der Waals surface area (Å²) in [5, 5.41) is 3.39. The number of rotatable bonds is 7. The maximum atomic E-state index is 10.5. The van der Waals surface area contributed by atoms with Gasteiger partial charge in [-0.1, -0.05) is 6.92 Å². The summed E-state index contributed by atoms with van der Waals surface area (Å²) in [4.78, 5) is 19.2. The van der Waals surface area contributed by atoms with Gasteiger partial charge < -0.3 is 15.1 Å². The molecular formula is C9H21N2O4P. The first kappa shape index (κ1) is 14.1. The Morgan fingerprint density at radius 1 is 1.56 bits per heavy atom. The second-order valence-corrected chi connectivity index (χ2v) is 5.25. The minimum Gasteiger partial charge on any atom is -0.313 e. The molecule has 1 rings (SSSR count). The molecule has 0 bridgehead atoms. The average Bonchev–Trinajstić information content (AvgIpc) is 2.67. The fraction of sp³-hybridized carbons (Fsp3) is 1.00. The Hall–Kier alpha value is 0.0300. The van der Waals surface area contributed by atoms with E-state index >= 15 is 0 Å². The van der Waals surface area contributed by atoms with Crippen molar-refractivity contribution in [2.24, 2.45) is 0 Å². The molecule has 1 saturated heterocycles. The zero-order valence-corrected chi connectivity index (χ0v) is 10.5. The van der Waals surface area contributed by atoms with Crippen molar-refractivity contribution in [2.45, 2.75) is 25.8 Å². The fourth-order valence-electron chi connectivity index (χ4n) is 1.89. The second kappa shape index (κ2) is 6.69. The van der Waals surface area contributed by atoms with Gasteiger partial charge in [-0.25, -0.2) is 4.57 Å². The predicted molar refractivity (Wildman–Crippen MR) is 61.1 cm³/mol. The molecule has 0 radical (unpaired) electrons. The molecule has 1 aliphatic heterocycles. The summed E-state index contributed by atoms with van der Waals surface area (Å²) in [6, 6.07) is 0.509. The van der Waals surface area contributed by atoms with Crippen molar-refractivity contribution >= 4 is 7.82 Å². The Bertz CT molecular complexity index is 240. The van der Waals surface area contributed by atoms with Crippen LogP contribution in [0.5, 0.6) is 0 Å². The first-order valence-electron chi connectivity index (χ1n) is 5.67. The summed E-state index contributed by atoms with van der Waals surface area (Å²) in [7, 11) is -4.31. The zero-order valence-electron chi connectivity index (χ0n) is 9.63. The van der Waals surface area contributed by atoms with Crippen molar-refractivity contribution in [2.75, 3.05) is 32.8 Å². The van der Waals surface area contributed by atoms with E-state index in [4.69, 9.17) is 9.79 Å². The fourth-order valence-corrected chi connectivity index (χ4v) is 2.21. The molecule has 6 nitrogen and oxygen atoms in total. The number of phosphoric acid groups is 1. The molecule has 16 heavy (non-hydrogen) atoms. The Morgan fingerprint density at radius 3 is 2.81 bits per heavy atom. The van der Waals surface area contributed by atoms with E-state index in [0.29, 0.717) is 12.6 Å². The normalized spacial score (nSPS) is 21.9. The highest BCUT2D eigenvalue weighted by Gasteiger charge is 2.18. The lowest BCUT2D eigenvalue weighted by Gasteiger charge is -2.23. The monoisotopic (exact) mass is 252 g/mol. The Kier molecular flexibility index (Phi) is 5.89. The van der Waals surface area contributed by atoms with E-state index in [1.54, 1.807) is 0 Å². The Labute approximate surface area is 96.2 Å². The van der Waals surface area contributed by atoms with Crippen molar-refractivity contribution in [1.29, 1.82) is 0 Å². The van der Waals surface area contributed by atoms with Crippen LogP contribution in [-0.2, 0) is 9.09 Å². The highest BCUT2D eigenvalue weighted by atomic mass is 31.2. The lowest BCUT2D eigenvalue weighted by atomic mass is 10.2. The molecule has 0 saturated carbocycles. The van der Waals surface area contributed by atoms with E-state index in [9.17, 15) is 4.57 Å². The van der Waals surface area contributed by atoms with Gasteiger partial charge in [-0.2, -0.15) is 0 Å². The molecule has 0 aliphatic carbocycles. The van der Waals surface area contributed by atoms with Crippen molar-refractivity contribution in [3.63, 3.8) is 0 Å². The van der Waals surface area contributed by atoms with E-state index in [0.717, 1.165) is 19.6 Å². The third kappa shape index (κ3) is 5.94. The second-order valence-electron chi connectivity index (χ2n) is 4.01. The topological polar surface area (TPSA) is 82.0 Å². The Balaban J connectivity index is 2.18. The van der Waals surface area contributed by atoms with E-state index < -0.39 is 7.82 Å². The zero-order chi connectivity index (χ0) is 12.0. The van der Waals surface area contributed by atoms with Crippen molar-refractivity contribution in [3.05, 3.63) is 0 Å². The third-order valence-corrected chi connectivity index (χ3v) is 3.27. The van der Waals surface area contributed by atoms with Crippen LogP contribution in [0.2, 0.25) is 0 Å². The first-order valence-corrected chi connectivity index (χ1v) is 7.20. The molecule has 0 amide bonds. The number of nitrogens with one attached hydrogen (secondary N) is 1. The van der Waals surface area contributed by atoms with Crippen LogP contribution in [0.4, 0.5) is 0 Å². The molecule has 0 aromatic heterocycles. The van der Waals surface area contributed by atoms with Gasteiger partial charge >= 0.3 is 7.82 Å². The van der Waals surface area contributed by atoms with Gasteiger partial charge in [0.1, 0.15) is 0 Å². The SMILES string of the molecule is CCN(CCOP(=O)(O)O)CC1CCCN1. The van der Waals surface area contributed by atoms with Crippen LogP contribution in [0, 0.1) is 0 Å². The molecule has 96 valence electrons. The third-order valence-electron chi connectivity index (χ3n) is 2.76. The molecule has 0 aromatic rings. The van der Waals surface area contributed by atoms with Crippen molar-refractivity contribution in [3.8, 4) is 0 Å². The molecule has 3 N–H and O–H groups in total. The average molecular weight is 252 g/mol. The molecule has 1 aliphatic rings. The number of likely N-dealkylation sites (N-methyl/N-ethyl adjacent to an activating group) is 1. The van der Waals surface area contributed by atoms with Gasteiger partial charge in [-0.05, 0) is 25.9 Å². The quantitative estimate of drug-likeness (QED) is 0.560. The van der Waals surface area contributed by atoms with E-state index in [1.807, 2.05) is 6.92 Å². The predicted octanol–water partition coefficient (Wildman–Crippen LogP) is 0.170. The molecule has 7 heteroatoms. The lowest BCUT2D eigenvalue weighted by Crippen LogP contribution is -2.39. The molecule has 1 heterocycles. The van der Waals surface area contributed by atoms with Crippen LogP contribution in [0.15, 0.2) is 0 Å². The smallest absolute Gasteiger partial charge is 0.313 e. The molecule has 1 atom stereocenters. The Morgan fingerprint density at radius 2 is 2.31 bits per heavy atom. The van der Waals surface area contributed by atoms with E-state index in [-0.39, 0.29) is 6.61 Å². The standard InChI is InChI=1S/C9H21N2O4P/c1-2-11(6-7-15-16(12,13)14)8-9-4-3-5-10-9/h9-10H,2-8H2,1H3,(H2,12,13,14). The summed E-state index contributed by atoms with van der Waals surface area (Å²) in [6.07, 6.45) is 2.39. The van der Waals surface area contributed by atoms with Crippen LogP contribution in [0.1, 0.15) is 19.8 Å².